The van der Waals surface area contributed by atoms with E-state index in [-0.39, 0.29) is 44.4 Å². The molecular formula is C26H33N5O6S. The number of nitriles is 1. The molecule has 4 rings (SSSR count). The van der Waals surface area contributed by atoms with E-state index in [1.165, 1.54) is 18.9 Å². The Morgan fingerprint density at radius 3 is 2.39 bits per heavy atom. The maximum absolute atomic E-state index is 13.7. The van der Waals surface area contributed by atoms with Crippen LogP contribution in [-0.4, -0.2) is 84.9 Å². The van der Waals surface area contributed by atoms with Gasteiger partial charge in [0, 0.05) is 46.5 Å². The molecule has 11 nitrogen and oxygen atoms in total. The monoisotopic (exact) mass is 543 g/mol. The molecule has 204 valence electrons. The molecule has 2 amide bonds. The lowest BCUT2D eigenvalue weighted by molar-refractivity contribution is 0.0722. The first-order valence-electron chi connectivity index (χ1n) is 12.4. The number of fused-ring (bicyclic) bond motifs is 1. The largest absolute Gasteiger partial charge is 0.383 e. The van der Waals surface area contributed by atoms with Crippen LogP contribution in [0.15, 0.2) is 24.3 Å². The summed E-state index contributed by atoms with van der Waals surface area (Å²) in [4.78, 5) is 28.0. The number of aromatic nitrogens is 2. The number of nitrogens with zero attached hydrogens (tertiary/aromatic N) is 4. The number of carbonyl (C=O) groups is 2. The number of hydrogen-bond donors (Lipinski definition) is 1. The summed E-state index contributed by atoms with van der Waals surface area (Å²) >= 11 is 0. The van der Waals surface area contributed by atoms with Gasteiger partial charge in [-0.15, -0.1) is 0 Å². The number of carbonyl (C=O) groups excluding carboxylic acids is 2. The molecule has 1 aliphatic heterocycles. The van der Waals surface area contributed by atoms with Gasteiger partial charge >= 0.3 is 0 Å². The van der Waals surface area contributed by atoms with Gasteiger partial charge in [-0.3, -0.25) is 14.3 Å². The molecule has 0 spiro atoms. The van der Waals surface area contributed by atoms with E-state index < -0.39 is 25.2 Å². The maximum Gasteiger partial charge on any atom is 0.272 e. The Hall–Kier alpha value is -3.27. The van der Waals surface area contributed by atoms with Crippen molar-refractivity contribution in [3.63, 3.8) is 0 Å². The molecule has 1 fully saturated rings. The predicted molar refractivity (Wildman–Crippen MR) is 138 cm³/mol. The number of hydrogen-bond acceptors (Lipinski definition) is 8. The van der Waals surface area contributed by atoms with Crippen molar-refractivity contribution in [3.05, 3.63) is 52.3 Å². The van der Waals surface area contributed by atoms with Gasteiger partial charge < -0.3 is 19.7 Å². The first-order chi connectivity index (χ1) is 18.0. The van der Waals surface area contributed by atoms with Crippen LogP contribution < -0.4 is 5.32 Å². The number of sulfone groups is 1. The number of rotatable bonds is 11. The van der Waals surface area contributed by atoms with E-state index in [1.807, 2.05) is 0 Å². The number of benzene rings is 1. The van der Waals surface area contributed by atoms with Gasteiger partial charge in [0.05, 0.1) is 29.6 Å². The molecule has 12 heteroatoms. The van der Waals surface area contributed by atoms with E-state index in [0.717, 1.165) is 5.56 Å². The molecule has 38 heavy (non-hydrogen) atoms. The molecule has 1 saturated carbocycles. The van der Waals surface area contributed by atoms with Gasteiger partial charge in [0.15, 0.2) is 15.5 Å². The highest BCUT2D eigenvalue weighted by Crippen LogP contribution is 2.49. The number of aryl methyl sites for hydroxylation is 1. The second kappa shape index (κ2) is 10.5. The van der Waals surface area contributed by atoms with Crippen LogP contribution in [0, 0.1) is 11.3 Å². The van der Waals surface area contributed by atoms with Crippen molar-refractivity contribution >= 4 is 21.7 Å². The Morgan fingerprint density at radius 1 is 1.21 bits per heavy atom. The smallest absolute Gasteiger partial charge is 0.272 e. The van der Waals surface area contributed by atoms with Crippen molar-refractivity contribution in [2.45, 2.75) is 42.2 Å². The summed E-state index contributed by atoms with van der Waals surface area (Å²) in [6, 6.07) is 8.94. The molecule has 0 bridgehead atoms. The van der Waals surface area contributed by atoms with Crippen LogP contribution in [0.2, 0.25) is 0 Å². The molecular weight excluding hydrogens is 510 g/mol. The normalized spacial score (nSPS) is 16.6. The molecule has 0 saturated heterocycles. The average Bonchev–Trinajstić information content (AvgIpc) is 3.61. The molecule has 2 heterocycles. The Labute approximate surface area is 222 Å². The lowest BCUT2D eigenvalue weighted by Crippen LogP contribution is -2.54. The molecule has 2 aliphatic rings. The zero-order valence-electron chi connectivity index (χ0n) is 22.1. The van der Waals surface area contributed by atoms with Crippen molar-refractivity contribution in [2.75, 3.05) is 40.5 Å². The topological polar surface area (TPSA) is 144 Å². The first-order valence-corrected chi connectivity index (χ1v) is 13.9. The van der Waals surface area contributed by atoms with E-state index in [4.69, 9.17) is 14.7 Å². The van der Waals surface area contributed by atoms with E-state index in [0.29, 0.717) is 36.1 Å². The van der Waals surface area contributed by atoms with Crippen LogP contribution in [0.1, 0.15) is 57.4 Å². The molecule has 1 aromatic carbocycles. The van der Waals surface area contributed by atoms with E-state index in [2.05, 4.69) is 16.5 Å². The van der Waals surface area contributed by atoms with Crippen LogP contribution in [0.5, 0.6) is 0 Å². The van der Waals surface area contributed by atoms with Crippen LogP contribution >= 0.6 is 0 Å². The molecule has 0 radical (unpaired) electrons. The highest BCUT2D eigenvalue weighted by molar-refractivity contribution is 7.94. The summed E-state index contributed by atoms with van der Waals surface area (Å²) in [7, 11) is 0.803. The minimum Gasteiger partial charge on any atom is -0.383 e. The molecule has 0 unspecified atom stereocenters. The third-order valence-corrected chi connectivity index (χ3v) is 10.6. The second-order valence-corrected chi connectivity index (χ2v) is 13.1. The van der Waals surface area contributed by atoms with Crippen LogP contribution in [0.3, 0.4) is 0 Å². The van der Waals surface area contributed by atoms with E-state index in [9.17, 15) is 18.0 Å². The van der Waals surface area contributed by atoms with Crippen LogP contribution in [0.25, 0.3) is 0 Å². The zero-order chi connectivity index (χ0) is 27.7. The Balaban J connectivity index is 1.50. The van der Waals surface area contributed by atoms with Gasteiger partial charge in [0.25, 0.3) is 11.8 Å². The quantitative estimate of drug-likeness (QED) is 0.446. The summed E-state index contributed by atoms with van der Waals surface area (Å²) in [5.74, 6) is -0.738. The fourth-order valence-electron chi connectivity index (χ4n) is 5.20. The molecule has 1 aromatic heterocycles. The maximum atomic E-state index is 13.7. The lowest BCUT2D eigenvalue weighted by atomic mass is 10.0. The summed E-state index contributed by atoms with van der Waals surface area (Å²) in [6.07, 6.45) is 1.31. The summed E-state index contributed by atoms with van der Waals surface area (Å²) in [6.45, 7) is 2.21. The Bertz CT molecular complexity index is 1370. The van der Waals surface area contributed by atoms with Crippen molar-refractivity contribution in [3.8, 4) is 6.07 Å². The van der Waals surface area contributed by atoms with Gasteiger partial charge in [-0.25, -0.2) is 8.42 Å². The molecule has 1 aliphatic carbocycles. The van der Waals surface area contributed by atoms with Gasteiger partial charge in [-0.2, -0.15) is 10.4 Å². The molecule has 0 atom stereocenters. The van der Waals surface area contributed by atoms with Crippen LogP contribution in [-0.2, 0) is 39.3 Å². The SMILES string of the molecule is COCC(C)(COC)S(=O)(=O)C1(CN2CCc3c(C(=O)NCc4ccc(C#N)cc4)nn(C)c3C2=O)CC1. The second-order valence-electron chi connectivity index (χ2n) is 10.3. The number of methoxy groups -OCH3 is 2. The van der Waals surface area contributed by atoms with E-state index in [1.54, 1.807) is 43.1 Å². The standard InChI is InChI=1S/C26H33N5O6S/c1-25(16-36-3,17-37-4)38(34,35)26(10-11-26)15-31-12-9-20-21(29-30(2)22(20)24(31)33)23(32)28-14-19-7-5-18(13-27)6-8-19/h5-8H,9-12,14-17H2,1-4H3,(H,28,32). The molecule has 2 aromatic rings. The highest BCUT2D eigenvalue weighted by atomic mass is 32.2. The van der Waals surface area contributed by atoms with Gasteiger partial charge in [-0.05, 0) is 43.9 Å². The zero-order valence-corrected chi connectivity index (χ0v) is 22.9. The van der Waals surface area contributed by atoms with Gasteiger partial charge in [-0.1, -0.05) is 12.1 Å². The third-order valence-electron chi connectivity index (χ3n) is 7.42. The number of ether oxygens (including phenoxy) is 2. The first kappa shape index (κ1) is 27.8. The van der Waals surface area contributed by atoms with Crippen LogP contribution in [0.4, 0.5) is 0 Å². The predicted octanol–water partition coefficient (Wildman–Crippen LogP) is 1.22. The number of nitrogens with one attached hydrogen (secondary N) is 1. The fourth-order valence-corrected chi connectivity index (χ4v) is 7.75. The van der Waals surface area contributed by atoms with Gasteiger partial charge in [0.1, 0.15) is 10.4 Å². The third kappa shape index (κ3) is 4.81. The highest BCUT2D eigenvalue weighted by Gasteiger charge is 2.62. The summed E-state index contributed by atoms with van der Waals surface area (Å²) in [5.41, 5.74) is 2.40. The fraction of sp³-hybridized carbons (Fsp3) is 0.538. The lowest BCUT2D eigenvalue weighted by Gasteiger charge is -2.36. The van der Waals surface area contributed by atoms with Crippen molar-refractivity contribution < 1.29 is 27.5 Å². The average molecular weight is 544 g/mol. The van der Waals surface area contributed by atoms with Gasteiger partial charge in [0.2, 0.25) is 0 Å². The Kier molecular flexibility index (Phi) is 7.65. The number of amides is 2. The Morgan fingerprint density at radius 2 is 1.84 bits per heavy atom. The summed E-state index contributed by atoms with van der Waals surface area (Å²) in [5, 5.41) is 16.1. The van der Waals surface area contributed by atoms with Crippen molar-refractivity contribution in [1.82, 2.24) is 20.0 Å². The van der Waals surface area contributed by atoms with Crippen molar-refractivity contribution in [2.24, 2.45) is 7.05 Å². The minimum absolute atomic E-state index is 0.00825. The minimum atomic E-state index is -3.72. The molecule has 1 N–H and O–H groups in total. The van der Waals surface area contributed by atoms with Crippen molar-refractivity contribution in [1.29, 1.82) is 5.26 Å². The summed E-state index contributed by atoms with van der Waals surface area (Å²) < 4.78 is 37.0. The van der Waals surface area contributed by atoms with E-state index >= 15 is 0 Å².